The van der Waals surface area contributed by atoms with Crippen molar-refractivity contribution in [2.24, 2.45) is 0 Å². The number of hydrogen-bond acceptors (Lipinski definition) is 6. The molecule has 2 unspecified atom stereocenters. The maximum absolute atomic E-state index is 5.78. The van der Waals surface area contributed by atoms with Gasteiger partial charge >= 0.3 is 8.80 Å². The molecule has 1 heterocycles. The van der Waals surface area contributed by atoms with Gasteiger partial charge in [-0.15, -0.1) is 12.6 Å². The average Bonchev–Trinajstić information content (AvgIpc) is 3.19. The molecule has 0 bridgehead atoms. The molecular weight excluding hydrogens is 284 g/mol. The van der Waals surface area contributed by atoms with E-state index < -0.39 is 8.80 Å². The zero-order valence-electron chi connectivity index (χ0n) is 12.1. The minimum Gasteiger partial charge on any atom is -0.374 e. The van der Waals surface area contributed by atoms with Crippen LogP contribution in [0.25, 0.3) is 0 Å². The van der Waals surface area contributed by atoms with Gasteiger partial charge in [0.25, 0.3) is 0 Å². The lowest BCUT2D eigenvalue weighted by Crippen LogP contribution is -2.46. The highest BCUT2D eigenvalue weighted by molar-refractivity contribution is 7.80. The zero-order chi connectivity index (χ0) is 14.1. The Hall–Kier alpha value is 0.367. The van der Waals surface area contributed by atoms with E-state index >= 15 is 0 Å². The van der Waals surface area contributed by atoms with Crippen LogP contribution in [0.5, 0.6) is 0 Å². The summed E-state index contributed by atoms with van der Waals surface area (Å²) in [5.74, 6) is 0. The second kappa shape index (κ2) is 9.33. The quantitative estimate of drug-likeness (QED) is 0.259. The lowest BCUT2D eigenvalue weighted by atomic mass is 10.5. The molecule has 0 aliphatic carbocycles. The molecule has 7 heteroatoms. The molecule has 114 valence electrons. The van der Waals surface area contributed by atoms with Gasteiger partial charge in [0.05, 0.1) is 13.2 Å². The van der Waals surface area contributed by atoms with E-state index in [0.29, 0.717) is 26.4 Å². The third kappa shape index (κ3) is 7.08. The van der Waals surface area contributed by atoms with Crippen LogP contribution in [0.15, 0.2) is 0 Å². The third-order valence-electron chi connectivity index (χ3n) is 2.67. The first-order chi connectivity index (χ1) is 9.15. The Bertz CT molecular complexity index is 223. The standard InChI is InChI=1S/C12H26O5SSi/c1-4-15-19(16-5-2,17-6-3)8-7-12(18)14-10-11-9-13-11/h11-12,18H,4-10H2,1-3H3. The smallest absolute Gasteiger partial charge is 0.374 e. The molecule has 0 saturated carbocycles. The summed E-state index contributed by atoms with van der Waals surface area (Å²) in [7, 11) is -2.56. The maximum Gasteiger partial charge on any atom is 0.501 e. The molecule has 0 amide bonds. The van der Waals surface area contributed by atoms with E-state index in [9.17, 15) is 0 Å². The zero-order valence-corrected chi connectivity index (χ0v) is 14.0. The van der Waals surface area contributed by atoms with E-state index in [1.807, 2.05) is 20.8 Å². The Morgan fingerprint density at radius 1 is 1.16 bits per heavy atom. The fourth-order valence-electron chi connectivity index (χ4n) is 1.77. The molecule has 1 rings (SSSR count). The van der Waals surface area contributed by atoms with E-state index in [2.05, 4.69) is 12.6 Å². The summed E-state index contributed by atoms with van der Waals surface area (Å²) in [6, 6.07) is 0.724. The van der Waals surface area contributed by atoms with Crippen molar-refractivity contribution in [3.05, 3.63) is 0 Å². The summed E-state index contributed by atoms with van der Waals surface area (Å²) in [5, 5.41) is 0. The van der Waals surface area contributed by atoms with E-state index in [1.165, 1.54) is 0 Å². The molecular formula is C12H26O5SSi. The Labute approximate surface area is 122 Å². The van der Waals surface area contributed by atoms with Crippen LogP contribution in [0.2, 0.25) is 6.04 Å². The molecule has 0 N–H and O–H groups in total. The predicted molar refractivity (Wildman–Crippen MR) is 78.5 cm³/mol. The maximum atomic E-state index is 5.78. The normalized spacial score (nSPS) is 20.5. The van der Waals surface area contributed by atoms with Crippen molar-refractivity contribution < 1.29 is 22.8 Å². The van der Waals surface area contributed by atoms with E-state index in [4.69, 9.17) is 22.8 Å². The highest BCUT2D eigenvalue weighted by atomic mass is 32.1. The molecule has 0 aromatic carbocycles. The number of thiol groups is 1. The third-order valence-corrected chi connectivity index (χ3v) is 6.16. The summed E-state index contributed by atoms with van der Waals surface area (Å²) in [5.41, 5.74) is -0.127. The Morgan fingerprint density at radius 2 is 1.68 bits per heavy atom. The number of epoxide rings is 1. The lowest BCUT2D eigenvalue weighted by Gasteiger charge is -2.29. The number of ether oxygens (including phenoxy) is 2. The van der Waals surface area contributed by atoms with Crippen LogP contribution >= 0.6 is 12.6 Å². The predicted octanol–water partition coefficient (Wildman–Crippen LogP) is 2.10. The molecule has 0 aromatic rings. The molecule has 1 saturated heterocycles. The van der Waals surface area contributed by atoms with Gasteiger partial charge in [0.1, 0.15) is 11.5 Å². The minimum atomic E-state index is -2.56. The molecule has 1 fully saturated rings. The van der Waals surface area contributed by atoms with Crippen molar-refractivity contribution in [2.45, 2.75) is 44.8 Å². The van der Waals surface area contributed by atoms with Crippen LogP contribution in [0.3, 0.4) is 0 Å². The minimum absolute atomic E-state index is 0.127. The van der Waals surface area contributed by atoms with Gasteiger partial charge in [-0.25, -0.2) is 0 Å². The van der Waals surface area contributed by atoms with Crippen LogP contribution in [-0.4, -0.2) is 53.4 Å². The second-order valence-corrected chi connectivity index (χ2v) is 7.57. The van der Waals surface area contributed by atoms with Gasteiger partial charge in [0.15, 0.2) is 0 Å². The fourth-order valence-corrected chi connectivity index (χ4v) is 4.84. The summed E-state index contributed by atoms with van der Waals surface area (Å²) in [6.07, 6.45) is 1.02. The van der Waals surface area contributed by atoms with Crippen LogP contribution < -0.4 is 0 Å². The molecule has 1 aliphatic heterocycles. The SMILES string of the molecule is CCO[Si](CCC(S)OCC1CO1)(OCC)OCC. The fraction of sp³-hybridized carbons (Fsp3) is 1.00. The van der Waals surface area contributed by atoms with Gasteiger partial charge in [-0.05, 0) is 27.2 Å². The van der Waals surface area contributed by atoms with E-state index in [-0.39, 0.29) is 11.5 Å². The van der Waals surface area contributed by atoms with Gasteiger partial charge in [0, 0.05) is 25.9 Å². The monoisotopic (exact) mass is 310 g/mol. The number of hydrogen-bond donors (Lipinski definition) is 1. The Morgan fingerprint density at radius 3 is 2.11 bits per heavy atom. The molecule has 0 aromatic heterocycles. The van der Waals surface area contributed by atoms with Crippen LogP contribution in [-0.2, 0) is 22.8 Å². The Balaban J connectivity index is 2.35. The molecule has 0 spiro atoms. The Kier molecular flexibility index (Phi) is 8.55. The summed E-state index contributed by atoms with van der Waals surface area (Å²) in [4.78, 5) is 0. The van der Waals surface area contributed by atoms with Crippen LogP contribution in [0, 0.1) is 0 Å². The van der Waals surface area contributed by atoms with Crippen molar-refractivity contribution >= 4 is 21.4 Å². The highest BCUT2D eigenvalue weighted by Crippen LogP contribution is 2.22. The van der Waals surface area contributed by atoms with Crippen LogP contribution in [0.1, 0.15) is 27.2 Å². The van der Waals surface area contributed by atoms with Crippen molar-refractivity contribution in [3.63, 3.8) is 0 Å². The molecule has 2 atom stereocenters. The molecule has 5 nitrogen and oxygen atoms in total. The first-order valence-corrected chi connectivity index (χ1v) is 9.43. The topological polar surface area (TPSA) is 49.5 Å². The lowest BCUT2D eigenvalue weighted by molar-refractivity contribution is 0.0605. The largest absolute Gasteiger partial charge is 0.501 e. The van der Waals surface area contributed by atoms with Gasteiger partial charge in [-0.2, -0.15) is 0 Å². The van der Waals surface area contributed by atoms with E-state index in [1.54, 1.807) is 0 Å². The molecule has 0 radical (unpaired) electrons. The first kappa shape index (κ1) is 17.4. The van der Waals surface area contributed by atoms with E-state index in [0.717, 1.165) is 19.1 Å². The highest BCUT2D eigenvalue weighted by Gasteiger charge is 2.40. The number of rotatable bonds is 12. The van der Waals surface area contributed by atoms with Gasteiger partial charge < -0.3 is 22.8 Å². The average molecular weight is 310 g/mol. The van der Waals surface area contributed by atoms with Gasteiger partial charge in [-0.3, -0.25) is 0 Å². The molecule has 19 heavy (non-hydrogen) atoms. The first-order valence-electron chi connectivity index (χ1n) is 6.98. The van der Waals surface area contributed by atoms with Crippen molar-refractivity contribution in [2.75, 3.05) is 33.0 Å². The van der Waals surface area contributed by atoms with Crippen molar-refractivity contribution in [1.29, 1.82) is 0 Å². The van der Waals surface area contributed by atoms with Gasteiger partial charge in [-0.1, -0.05) is 0 Å². The summed E-state index contributed by atoms with van der Waals surface area (Å²) < 4.78 is 28.0. The van der Waals surface area contributed by atoms with Gasteiger partial charge in [0.2, 0.25) is 0 Å². The van der Waals surface area contributed by atoms with Crippen molar-refractivity contribution in [1.82, 2.24) is 0 Å². The second-order valence-electron chi connectivity index (χ2n) is 4.26. The summed E-state index contributed by atoms with van der Waals surface area (Å²) >= 11 is 4.43. The van der Waals surface area contributed by atoms with Crippen molar-refractivity contribution in [3.8, 4) is 0 Å². The molecule has 1 aliphatic rings. The van der Waals surface area contributed by atoms with Crippen LogP contribution in [0.4, 0.5) is 0 Å². The summed E-state index contributed by atoms with van der Waals surface area (Å²) in [6.45, 7) is 9.08.